The summed E-state index contributed by atoms with van der Waals surface area (Å²) in [7, 11) is 0. The van der Waals surface area contributed by atoms with Gasteiger partial charge in [0.05, 0.1) is 25.1 Å². The topological polar surface area (TPSA) is 94.9 Å². The second-order valence-electron chi connectivity index (χ2n) is 5.65. The first-order valence-corrected chi connectivity index (χ1v) is 10.6. The minimum absolute atomic E-state index is 0.488. The van der Waals surface area contributed by atoms with Crippen molar-refractivity contribution in [2.45, 2.75) is 27.7 Å². The minimum Gasteiger partial charge on any atom is -0.488 e. The van der Waals surface area contributed by atoms with Gasteiger partial charge in [-0.3, -0.25) is 4.98 Å². The molecule has 4 rings (SSSR count). The first-order valence-electron chi connectivity index (χ1n) is 9.83. The van der Waals surface area contributed by atoms with E-state index in [0.717, 1.165) is 21.6 Å². The average molecular weight is 425 g/mol. The van der Waals surface area contributed by atoms with E-state index >= 15 is 0 Å². The summed E-state index contributed by atoms with van der Waals surface area (Å²) >= 11 is 1.45. The summed E-state index contributed by atoms with van der Waals surface area (Å²) in [5.41, 5.74) is 2.45. The van der Waals surface area contributed by atoms with E-state index in [4.69, 9.17) is 14.5 Å². The summed E-state index contributed by atoms with van der Waals surface area (Å²) in [6.07, 6.45) is 6.63. The van der Waals surface area contributed by atoms with Crippen LogP contribution in [0.2, 0.25) is 0 Å². The Morgan fingerprint density at radius 1 is 0.967 bits per heavy atom. The molecule has 1 N–H and O–H groups in total. The summed E-state index contributed by atoms with van der Waals surface area (Å²) in [4.78, 5) is 22.7. The number of hydrogen-bond donors (Lipinski definition) is 1. The fourth-order valence-corrected chi connectivity index (χ4v) is 3.43. The van der Waals surface area contributed by atoms with Gasteiger partial charge < -0.3 is 14.8 Å². The third-order valence-corrected chi connectivity index (χ3v) is 4.63. The molecule has 0 fully saturated rings. The number of nitrogens with zero attached hydrogens (tertiary/aromatic N) is 5. The molecular formula is C21H24N6O2S. The zero-order valence-electron chi connectivity index (χ0n) is 17.4. The van der Waals surface area contributed by atoms with Crippen molar-refractivity contribution in [1.29, 1.82) is 0 Å². The fraction of sp³-hybridized carbons (Fsp3) is 0.286. The third kappa shape index (κ3) is 4.98. The van der Waals surface area contributed by atoms with E-state index in [1.807, 2.05) is 45.9 Å². The molecule has 0 atom stereocenters. The second kappa shape index (κ2) is 10.4. The smallest absolute Gasteiger partial charge is 0.257 e. The zero-order valence-corrected chi connectivity index (χ0v) is 18.2. The van der Waals surface area contributed by atoms with Crippen LogP contribution in [0.1, 0.15) is 27.7 Å². The van der Waals surface area contributed by atoms with Crippen molar-refractivity contribution in [3.05, 3.63) is 43.0 Å². The Kier molecular flexibility index (Phi) is 7.45. The van der Waals surface area contributed by atoms with Gasteiger partial charge in [0, 0.05) is 24.2 Å². The Labute approximate surface area is 179 Å². The van der Waals surface area contributed by atoms with E-state index in [9.17, 15) is 0 Å². The van der Waals surface area contributed by atoms with Crippen molar-refractivity contribution < 1.29 is 9.47 Å². The molecule has 4 heterocycles. The lowest BCUT2D eigenvalue weighted by atomic mass is 10.2. The standard InChI is InChI=1S/C19H18N6O2S.C2H6/c1-3-26-15-9-12(10-22-17(15)27-4-2)13-5-6-14-18(23-13)28-19(24-14)25-16-11-20-7-8-21-16;1-2/h5-11H,3-4H2,1-2H3,(H,21,24,25);1-2H3. The Bertz CT molecular complexity index is 1090. The first kappa shape index (κ1) is 21.4. The van der Waals surface area contributed by atoms with Crippen molar-refractivity contribution in [2.75, 3.05) is 18.5 Å². The first-order chi connectivity index (χ1) is 14.8. The largest absolute Gasteiger partial charge is 0.488 e. The zero-order chi connectivity index (χ0) is 21.3. The highest BCUT2D eigenvalue weighted by Crippen LogP contribution is 2.32. The molecule has 0 radical (unpaired) electrons. The molecule has 8 nitrogen and oxygen atoms in total. The van der Waals surface area contributed by atoms with Crippen LogP contribution in [-0.2, 0) is 0 Å². The summed E-state index contributed by atoms with van der Waals surface area (Å²) in [6, 6.07) is 5.75. The van der Waals surface area contributed by atoms with Crippen LogP contribution in [-0.4, -0.2) is 38.1 Å². The molecule has 0 aliphatic rings. The summed E-state index contributed by atoms with van der Waals surface area (Å²) in [5, 5.41) is 3.85. The van der Waals surface area contributed by atoms with Gasteiger partial charge in [0.1, 0.15) is 10.3 Å². The van der Waals surface area contributed by atoms with Gasteiger partial charge >= 0.3 is 0 Å². The molecule has 0 unspecified atom stereocenters. The van der Waals surface area contributed by atoms with Crippen molar-refractivity contribution >= 4 is 32.6 Å². The van der Waals surface area contributed by atoms with Gasteiger partial charge in [-0.2, -0.15) is 0 Å². The van der Waals surface area contributed by atoms with Crippen molar-refractivity contribution in [2.24, 2.45) is 0 Å². The predicted molar refractivity (Wildman–Crippen MR) is 120 cm³/mol. The van der Waals surface area contributed by atoms with Crippen LogP contribution in [0.3, 0.4) is 0 Å². The molecule has 0 aromatic carbocycles. The number of rotatable bonds is 7. The van der Waals surface area contributed by atoms with Crippen molar-refractivity contribution in [3.63, 3.8) is 0 Å². The van der Waals surface area contributed by atoms with E-state index in [1.165, 1.54) is 11.3 Å². The minimum atomic E-state index is 0.488. The van der Waals surface area contributed by atoms with Gasteiger partial charge in [-0.05, 0) is 32.0 Å². The molecule has 9 heteroatoms. The second-order valence-corrected chi connectivity index (χ2v) is 6.63. The van der Waals surface area contributed by atoms with Gasteiger partial charge in [0.2, 0.25) is 0 Å². The van der Waals surface area contributed by atoms with E-state index in [0.29, 0.717) is 35.8 Å². The number of anilines is 2. The molecule has 0 bridgehead atoms. The van der Waals surface area contributed by atoms with Gasteiger partial charge in [0.25, 0.3) is 5.88 Å². The molecule has 4 aromatic heterocycles. The maximum Gasteiger partial charge on any atom is 0.257 e. The van der Waals surface area contributed by atoms with Crippen LogP contribution in [0, 0.1) is 0 Å². The van der Waals surface area contributed by atoms with Crippen LogP contribution < -0.4 is 14.8 Å². The van der Waals surface area contributed by atoms with E-state index < -0.39 is 0 Å². The lowest BCUT2D eigenvalue weighted by molar-refractivity contribution is 0.278. The summed E-state index contributed by atoms with van der Waals surface area (Å²) in [6.45, 7) is 8.90. The van der Waals surface area contributed by atoms with E-state index in [1.54, 1.807) is 24.8 Å². The highest BCUT2D eigenvalue weighted by Gasteiger charge is 2.12. The number of aromatic nitrogens is 5. The van der Waals surface area contributed by atoms with Crippen molar-refractivity contribution in [3.8, 4) is 22.9 Å². The van der Waals surface area contributed by atoms with Gasteiger partial charge in [-0.1, -0.05) is 25.2 Å². The van der Waals surface area contributed by atoms with E-state index in [2.05, 4.69) is 25.3 Å². The number of pyridine rings is 2. The van der Waals surface area contributed by atoms with E-state index in [-0.39, 0.29) is 0 Å². The molecule has 0 amide bonds. The molecule has 4 aromatic rings. The summed E-state index contributed by atoms with van der Waals surface area (Å²) < 4.78 is 11.2. The van der Waals surface area contributed by atoms with Crippen molar-refractivity contribution in [1.82, 2.24) is 24.9 Å². The number of nitrogens with one attached hydrogen (secondary N) is 1. The predicted octanol–water partition coefficient (Wildman–Crippen LogP) is 5.11. The monoisotopic (exact) mass is 424 g/mol. The Balaban J connectivity index is 0.00000124. The average Bonchev–Trinajstić information content (AvgIpc) is 3.19. The number of hydrogen-bond acceptors (Lipinski definition) is 9. The molecule has 0 saturated carbocycles. The molecule has 0 aliphatic carbocycles. The number of thiazole rings is 1. The fourth-order valence-electron chi connectivity index (χ4n) is 2.58. The Morgan fingerprint density at radius 2 is 1.80 bits per heavy atom. The lowest BCUT2D eigenvalue weighted by Gasteiger charge is -2.11. The maximum atomic E-state index is 5.66. The maximum absolute atomic E-state index is 5.66. The third-order valence-electron chi connectivity index (χ3n) is 3.75. The molecular weight excluding hydrogens is 400 g/mol. The Morgan fingerprint density at radius 3 is 2.53 bits per heavy atom. The molecule has 0 aliphatic heterocycles. The van der Waals surface area contributed by atoms with Crippen LogP contribution in [0.5, 0.6) is 11.6 Å². The number of ether oxygens (including phenoxy) is 2. The van der Waals surface area contributed by atoms with Crippen LogP contribution in [0.25, 0.3) is 21.6 Å². The lowest BCUT2D eigenvalue weighted by Crippen LogP contribution is -2.01. The van der Waals surface area contributed by atoms with Crippen LogP contribution >= 0.6 is 11.3 Å². The van der Waals surface area contributed by atoms with Gasteiger partial charge in [-0.25, -0.2) is 19.9 Å². The number of fused-ring (bicyclic) bond motifs is 1. The molecule has 0 spiro atoms. The molecule has 30 heavy (non-hydrogen) atoms. The van der Waals surface area contributed by atoms with Gasteiger partial charge in [-0.15, -0.1) is 0 Å². The van der Waals surface area contributed by atoms with Gasteiger partial charge in [0.15, 0.2) is 16.7 Å². The van der Waals surface area contributed by atoms with Crippen LogP contribution in [0.4, 0.5) is 10.9 Å². The normalized spacial score (nSPS) is 10.3. The molecule has 0 saturated heterocycles. The SMILES string of the molecule is CC.CCOc1cc(-c2ccc3nc(Nc4cnccn4)sc3n2)cnc1OCC. The molecule has 156 valence electrons. The summed E-state index contributed by atoms with van der Waals surface area (Å²) in [5.74, 6) is 1.74. The highest BCUT2D eigenvalue weighted by molar-refractivity contribution is 7.21. The highest BCUT2D eigenvalue weighted by atomic mass is 32.1. The quantitative estimate of drug-likeness (QED) is 0.437. The van der Waals surface area contributed by atoms with Crippen LogP contribution in [0.15, 0.2) is 43.0 Å². The Hall–Kier alpha value is -3.33.